The van der Waals surface area contributed by atoms with Crippen LogP contribution in [0.25, 0.3) is 10.8 Å². The van der Waals surface area contributed by atoms with Gasteiger partial charge in [-0.2, -0.15) is 0 Å². The fourth-order valence-electron chi connectivity index (χ4n) is 2.07. The maximum Gasteiger partial charge on any atom is 0.204 e. The highest BCUT2D eigenvalue weighted by atomic mass is 79.9. The fraction of sp³-hybridized carbons (Fsp3) is 0.353. The van der Waals surface area contributed by atoms with Gasteiger partial charge < -0.3 is 4.74 Å². The average molecular weight is 335 g/mol. The third-order valence-electron chi connectivity index (χ3n) is 3.44. The number of ether oxygens (including phenoxy) is 1. The minimum absolute atomic E-state index is 0.0105. The monoisotopic (exact) mass is 334 g/mol. The van der Waals surface area contributed by atoms with Crippen LogP contribution in [0.15, 0.2) is 36.4 Å². The van der Waals surface area contributed by atoms with Crippen molar-refractivity contribution in [3.8, 4) is 5.75 Å². The summed E-state index contributed by atoms with van der Waals surface area (Å²) in [5.41, 5.74) is 1.03. The highest BCUT2D eigenvalue weighted by Gasteiger charge is 2.12. The van der Waals surface area contributed by atoms with E-state index in [9.17, 15) is 4.79 Å². The zero-order chi connectivity index (χ0) is 14.5. The second-order valence-electron chi connectivity index (χ2n) is 5.00. The molecule has 1 unspecified atom stereocenters. The van der Waals surface area contributed by atoms with Crippen molar-refractivity contribution in [2.75, 3.05) is 6.61 Å². The lowest BCUT2D eigenvalue weighted by Crippen LogP contribution is -2.01. The van der Waals surface area contributed by atoms with Gasteiger partial charge in [-0.15, -0.1) is 0 Å². The quantitative estimate of drug-likeness (QED) is 0.546. The molecule has 106 valence electrons. The largest absolute Gasteiger partial charge is 0.494 e. The number of rotatable bonds is 6. The van der Waals surface area contributed by atoms with Gasteiger partial charge in [-0.1, -0.05) is 44.5 Å². The van der Waals surface area contributed by atoms with E-state index in [0.717, 1.165) is 41.5 Å². The van der Waals surface area contributed by atoms with Gasteiger partial charge in [0.2, 0.25) is 4.69 Å². The Kier molecular flexibility index (Phi) is 5.18. The summed E-state index contributed by atoms with van der Waals surface area (Å²) in [6.07, 6.45) is 2.21. The Hall–Kier alpha value is -1.35. The fourth-order valence-corrected chi connectivity index (χ4v) is 2.33. The van der Waals surface area contributed by atoms with Gasteiger partial charge in [0.15, 0.2) is 0 Å². The molecule has 2 aromatic carbocycles. The van der Waals surface area contributed by atoms with Crippen LogP contribution >= 0.6 is 15.9 Å². The van der Waals surface area contributed by atoms with Gasteiger partial charge in [0.25, 0.3) is 0 Å². The number of carbonyl (C=O) groups is 1. The van der Waals surface area contributed by atoms with Crippen molar-refractivity contribution in [2.24, 2.45) is 0 Å². The van der Waals surface area contributed by atoms with Crippen LogP contribution < -0.4 is 4.74 Å². The smallest absolute Gasteiger partial charge is 0.204 e. The number of hydrogen-bond donors (Lipinski definition) is 0. The van der Waals surface area contributed by atoms with E-state index < -0.39 is 0 Å². The number of halogens is 1. The molecule has 0 spiro atoms. The second kappa shape index (κ2) is 6.89. The Morgan fingerprint density at radius 1 is 1.20 bits per heavy atom. The topological polar surface area (TPSA) is 26.3 Å². The summed E-state index contributed by atoms with van der Waals surface area (Å²) in [5.74, 6) is 0.781. The van der Waals surface area contributed by atoms with Gasteiger partial charge in [-0.25, -0.2) is 0 Å². The molecule has 20 heavy (non-hydrogen) atoms. The van der Waals surface area contributed by atoms with E-state index >= 15 is 0 Å². The first-order valence-corrected chi connectivity index (χ1v) is 7.77. The number of carbonyl (C=O) groups excluding carboxylic acids is 1. The van der Waals surface area contributed by atoms with Crippen LogP contribution in [-0.2, 0) is 4.79 Å². The minimum atomic E-state index is -0.125. The molecule has 0 saturated heterocycles. The van der Waals surface area contributed by atoms with Gasteiger partial charge in [-0.3, -0.25) is 4.79 Å². The van der Waals surface area contributed by atoms with E-state index in [1.807, 2.05) is 31.2 Å². The molecule has 0 N–H and O–H groups in total. The molecule has 0 aliphatic carbocycles. The summed E-state index contributed by atoms with van der Waals surface area (Å²) in [6.45, 7) is 4.81. The molecule has 2 rings (SSSR count). The molecule has 0 aliphatic heterocycles. The van der Waals surface area contributed by atoms with Crippen LogP contribution in [0.3, 0.4) is 0 Å². The Bertz CT molecular complexity index is 607. The summed E-state index contributed by atoms with van der Waals surface area (Å²) in [4.78, 5) is 11.4. The molecule has 0 saturated carbocycles. The van der Waals surface area contributed by atoms with Gasteiger partial charge >= 0.3 is 0 Å². The maximum absolute atomic E-state index is 11.4. The molecular weight excluding hydrogens is 316 g/mol. The van der Waals surface area contributed by atoms with Crippen molar-refractivity contribution in [2.45, 2.75) is 32.6 Å². The molecule has 0 aromatic heterocycles. The lowest BCUT2D eigenvalue weighted by atomic mass is 9.99. The molecule has 0 bridgehead atoms. The number of benzene rings is 2. The highest BCUT2D eigenvalue weighted by Crippen LogP contribution is 2.26. The highest BCUT2D eigenvalue weighted by molar-refractivity contribution is 9.18. The van der Waals surface area contributed by atoms with Crippen LogP contribution in [0.2, 0.25) is 0 Å². The van der Waals surface area contributed by atoms with Crippen molar-refractivity contribution in [3.05, 3.63) is 42.0 Å². The van der Waals surface area contributed by atoms with Crippen molar-refractivity contribution >= 4 is 31.4 Å². The first kappa shape index (κ1) is 15.0. The third kappa shape index (κ3) is 3.60. The van der Waals surface area contributed by atoms with E-state index in [-0.39, 0.29) is 10.6 Å². The van der Waals surface area contributed by atoms with E-state index in [1.54, 1.807) is 0 Å². The summed E-state index contributed by atoms with van der Waals surface area (Å²) in [5, 5.41) is 2.27. The number of unbranched alkanes of at least 4 members (excludes halogenated alkanes) is 1. The lowest BCUT2D eigenvalue weighted by molar-refractivity contribution is -0.111. The zero-order valence-electron chi connectivity index (χ0n) is 11.9. The van der Waals surface area contributed by atoms with E-state index in [4.69, 9.17) is 4.74 Å². The minimum Gasteiger partial charge on any atom is -0.494 e. The molecular formula is C17H19BrO2. The van der Waals surface area contributed by atoms with E-state index in [1.165, 1.54) is 0 Å². The van der Waals surface area contributed by atoms with Crippen molar-refractivity contribution in [3.63, 3.8) is 0 Å². The lowest BCUT2D eigenvalue weighted by Gasteiger charge is -2.10. The first-order chi connectivity index (χ1) is 9.61. The van der Waals surface area contributed by atoms with Gasteiger partial charge in [0.05, 0.1) is 12.5 Å². The molecule has 0 heterocycles. The van der Waals surface area contributed by atoms with Gasteiger partial charge in [0.1, 0.15) is 5.75 Å². The van der Waals surface area contributed by atoms with Gasteiger partial charge in [-0.05, 0) is 50.8 Å². The normalized spacial score (nSPS) is 12.3. The first-order valence-electron chi connectivity index (χ1n) is 6.97. The molecule has 0 amide bonds. The SMILES string of the molecule is CCCCOc1ccc2cc(C(C)C(=O)Br)ccc2c1. The second-order valence-corrected chi connectivity index (χ2v) is 5.78. The van der Waals surface area contributed by atoms with Crippen molar-refractivity contribution < 1.29 is 9.53 Å². The predicted molar refractivity (Wildman–Crippen MR) is 86.7 cm³/mol. The van der Waals surface area contributed by atoms with E-state index in [0.29, 0.717) is 0 Å². The van der Waals surface area contributed by atoms with Crippen LogP contribution in [0.1, 0.15) is 38.2 Å². The van der Waals surface area contributed by atoms with Crippen molar-refractivity contribution in [1.29, 1.82) is 0 Å². The van der Waals surface area contributed by atoms with E-state index in [2.05, 4.69) is 35.0 Å². The zero-order valence-corrected chi connectivity index (χ0v) is 13.4. The number of hydrogen-bond acceptors (Lipinski definition) is 2. The molecule has 3 heteroatoms. The molecule has 0 fully saturated rings. The summed E-state index contributed by atoms with van der Waals surface area (Å²) >= 11 is 3.03. The average Bonchev–Trinajstić information content (AvgIpc) is 2.46. The number of fused-ring (bicyclic) bond motifs is 1. The summed E-state index contributed by atoms with van der Waals surface area (Å²) in [6, 6.07) is 12.2. The Labute approximate surface area is 128 Å². The van der Waals surface area contributed by atoms with Crippen LogP contribution in [0.4, 0.5) is 0 Å². The Morgan fingerprint density at radius 2 is 1.90 bits per heavy atom. The molecule has 0 radical (unpaired) electrons. The van der Waals surface area contributed by atoms with Crippen molar-refractivity contribution in [1.82, 2.24) is 0 Å². The summed E-state index contributed by atoms with van der Waals surface area (Å²) in [7, 11) is 0. The maximum atomic E-state index is 11.4. The van der Waals surface area contributed by atoms with Gasteiger partial charge in [0, 0.05) is 0 Å². The standard InChI is InChI=1S/C17H19BrO2/c1-3-4-9-20-16-8-7-14-10-13(12(2)17(18)19)5-6-15(14)11-16/h5-8,10-12H,3-4,9H2,1-2H3. The van der Waals surface area contributed by atoms with Crippen LogP contribution in [0.5, 0.6) is 5.75 Å². The molecule has 1 atom stereocenters. The predicted octanol–water partition coefficient (Wildman–Crippen LogP) is 5.04. The van der Waals surface area contributed by atoms with Crippen LogP contribution in [-0.4, -0.2) is 11.3 Å². The molecule has 2 aromatic rings. The summed E-state index contributed by atoms with van der Waals surface area (Å²) < 4.78 is 5.72. The Morgan fingerprint density at radius 3 is 2.60 bits per heavy atom. The molecule has 0 aliphatic rings. The van der Waals surface area contributed by atoms with Crippen LogP contribution in [0, 0.1) is 0 Å². The Balaban J connectivity index is 2.23. The third-order valence-corrected chi connectivity index (χ3v) is 4.13. The molecule has 2 nitrogen and oxygen atoms in total.